The highest BCUT2D eigenvalue weighted by atomic mass is 35.5. The largest absolute Gasteiger partial charge is 0.497 e. The smallest absolute Gasteiger partial charge is 0.265 e. The van der Waals surface area contributed by atoms with E-state index in [2.05, 4.69) is 0 Å². The van der Waals surface area contributed by atoms with E-state index in [9.17, 15) is 13.5 Å². The minimum atomic E-state index is -4.09. The number of hydrogen-bond donors (Lipinski definition) is 1. The fraction of sp³-hybridized carbons (Fsp3) is 0.429. The lowest BCUT2D eigenvalue weighted by Crippen LogP contribution is -2.39. The Kier molecular flexibility index (Phi) is 10.6. The van der Waals surface area contributed by atoms with Crippen molar-refractivity contribution in [2.24, 2.45) is 5.92 Å². The first-order chi connectivity index (χ1) is 19.7. The normalized spacial score (nSPS) is 13.9. The molecule has 222 valence electrons. The molecule has 0 radical (unpaired) electrons. The second-order valence-electron chi connectivity index (χ2n) is 9.64. The lowest BCUT2D eigenvalue weighted by molar-refractivity contribution is 0.0785. The van der Waals surface area contributed by atoms with Gasteiger partial charge in [0, 0.05) is 25.7 Å². The van der Waals surface area contributed by atoms with Gasteiger partial charge in [0.25, 0.3) is 10.0 Å². The molecule has 11 nitrogen and oxygen atoms in total. The maximum atomic E-state index is 14.2. The molecule has 0 bridgehead atoms. The molecule has 2 aromatic carbocycles. The van der Waals surface area contributed by atoms with Gasteiger partial charge in [-0.15, -0.1) is 0 Å². The molecule has 4 rings (SSSR count). The molecule has 1 saturated heterocycles. The summed E-state index contributed by atoms with van der Waals surface area (Å²) in [6.45, 7) is 5.71. The van der Waals surface area contributed by atoms with Crippen molar-refractivity contribution in [3.63, 3.8) is 0 Å². The van der Waals surface area contributed by atoms with Gasteiger partial charge in [0.2, 0.25) is 5.95 Å². The highest BCUT2D eigenvalue weighted by Crippen LogP contribution is 2.41. The average molecular weight is 607 g/mol. The molecule has 41 heavy (non-hydrogen) atoms. The number of halogens is 1. The fourth-order valence-corrected chi connectivity index (χ4v) is 5.89. The Balaban J connectivity index is 1.96. The van der Waals surface area contributed by atoms with E-state index >= 15 is 0 Å². The van der Waals surface area contributed by atoms with Crippen LogP contribution >= 0.6 is 11.6 Å². The number of methoxy groups -OCH3 is 1. The SMILES string of the molecule is COc1ccc(Cl)c(Oc2c(COCCO)nc(N3CCOCC3)nc2N(CC(C)C)S(=O)(=O)c2ccccc2)c1. The molecule has 13 heteroatoms. The third-order valence-electron chi connectivity index (χ3n) is 6.12. The Hall–Kier alpha value is -3.16. The standard InChI is InChI=1S/C28H35ClN4O7S/c1-20(2)18-33(41(35,36)22-7-5-4-6-8-22)27-26(40-25-17-21(37-3)9-10-23(25)29)24(19-39-16-13-34)30-28(31-27)32-11-14-38-15-12-32/h4-10,17,20,34H,11-16,18-19H2,1-3H3. The van der Waals surface area contributed by atoms with Gasteiger partial charge >= 0.3 is 0 Å². The summed E-state index contributed by atoms with van der Waals surface area (Å²) in [4.78, 5) is 11.6. The van der Waals surface area contributed by atoms with Crippen LogP contribution in [0.1, 0.15) is 19.5 Å². The number of ether oxygens (including phenoxy) is 4. The molecule has 1 aliphatic rings. The zero-order valence-corrected chi connectivity index (χ0v) is 24.9. The van der Waals surface area contributed by atoms with Gasteiger partial charge in [0.15, 0.2) is 11.6 Å². The Morgan fingerprint density at radius 2 is 1.85 bits per heavy atom. The third-order valence-corrected chi connectivity index (χ3v) is 8.21. The average Bonchev–Trinajstić information content (AvgIpc) is 2.98. The summed E-state index contributed by atoms with van der Waals surface area (Å²) in [5, 5.41) is 9.62. The minimum Gasteiger partial charge on any atom is -0.497 e. The molecule has 0 unspecified atom stereocenters. The molecular weight excluding hydrogens is 572 g/mol. The predicted molar refractivity (Wildman–Crippen MR) is 156 cm³/mol. The van der Waals surface area contributed by atoms with Crippen LogP contribution in [0.15, 0.2) is 53.4 Å². The van der Waals surface area contributed by atoms with E-state index in [4.69, 9.17) is 40.5 Å². The van der Waals surface area contributed by atoms with Crippen LogP contribution in [0.2, 0.25) is 5.02 Å². The highest BCUT2D eigenvalue weighted by Gasteiger charge is 2.33. The van der Waals surface area contributed by atoms with E-state index in [1.165, 1.54) is 23.5 Å². The molecule has 0 aliphatic carbocycles. The van der Waals surface area contributed by atoms with E-state index < -0.39 is 10.0 Å². The topological polar surface area (TPSA) is 124 Å². The molecule has 0 atom stereocenters. The van der Waals surface area contributed by atoms with Gasteiger partial charge in [-0.2, -0.15) is 4.98 Å². The second-order valence-corrected chi connectivity index (χ2v) is 11.9. The van der Waals surface area contributed by atoms with Gasteiger partial charge < -0.3 is 29.0 Å². The van der Waals surface area contributed by atoms with Crippen molar-refractivity contribution in [3.8, 4) is 17.2 Å². The highest BCUT2D eigenvalue weighted by molar-refractivity contribution is 7.92. The van der Waals surface area contributed by atoms with Crippen LogP contribution in [0.3, 0.4) is 0 Å². The van der Waals surface area contributed by atoms with E-state index in [1.54, 1.807) is 36.4 Å². The maximum absolute atomic E-state index is 14.2. The molecule has 0 amide bonds. The van der Waals surface area contributed by atoms with E-state index in [1.807, 2.05) is 18.7 Å². The summed E-state index contributed by atoms with van der Waals surface area (Å²) in [5.74, 6) is 1.06. The quantitative estimate of drug-likeness (QED) is 0.284. The zero-order chi connectivity index (χ0) is 29.4. The minimum absolute atomic E-state index is 0.0422. The van der Waals surface area contributed by atoms with Crippen molar-refractivity contribution in [3.05, 3.63) is 59.2 Å². The molecule has 1 aliphatic heterocycles. The number of aliphatic hydroxyl groups is 1. The molecular formula is C28H35ClN4O7S. The first kappa shape index (κ1) is 30.8. The molecule has 0 saturated carbocycles. The van der Waals surface area contributed by atoms with Gasteiger partial charge in [-0.25, -0.2) is 17.7 Å². The van der Waals surface area contributed by atoms with E-state index in [-0.39, 0.29) is 59.5 Å². The Labute approximate surface area is 245 Å². The summed E-state index contributed by atoms with van der Waals surface area (Å²) >= 11 is 6.50. The van der Waals surface area contributed by atoms with E-state index in [0.717, 1.165) is 0 Å². The molecule has 2 heterocycles. The van der Waals surface area contributed by atoms with Crippen LogP contribution in [0.5, 0.6) is 17.2 Å². The monoisotopic (exact) mass is 606 g/mol. The predicted octanol–water partition coefficient (Wildman–Crippen LogP) is 4.13. The second kappa shape index (κ2) is 14.1. The number of benzene rings is 2. The number of aliphatic hydroxyl groups excluding tert-OH is 1. The third kappa shape index (κ3) is 7.57. The van der Waals surface area contributed by atoms with E-state index in [0.29, 0.717) is 43.7 Å². The zero-order valence-electron chi connectivity index (χ0n) is 23.3. The van der Waals surface area contributed by atoms with Crippen molar-refractivity contribution in [1.29, 1.82) is 0 Å². The van der Waals surface area contributed by atoms with Crippen LogP contribution < -0.4 is 18.7 Å². The first-order valence-electron chi connectivity index (χ1n) is 13.3. The number of morpholine rings is 1. The number of rotatable bonds is 13. The number of nitrogens with zero attached hydrogens (tertiary/aromatic N) is 4. The van der Waals surface area contributed by atoms with Crippen molar-refractivity contribution >= 4 is 33.4 Å². The van der Waals surface area contributed by atoms with Gasteiger partial charge in [0.05, 0.1) is 50.1 Å². The van der Waals surface area contributed by atoms with Crippen molar-refractivity contribution in [2.45, 2.75) is 25.3 Å². The van der Waals surface area contributed by atoms with Crippen LogP contribution in [0.4, 0.5) is 11.8 Å². The molecule has 1 aromatic heterocycles. The van der Waals surface area contributed by atoms with Crippen molar-refractivity contribution < 1.29 is 32.5 Å². The summed E-state index contributed by atoms with van der Waals surface area (Å²) in [6.07, 6.45) is 0. The lowest BCUT2D eigenvalue weighted by atomic mass is 10.2. The van der Waals surface area contributed by atoms with Crippen molar-refractivity contribution in [2.75, 3.05) is 62.4 Å². The number of hydrogen-bond acceptors (Lipinski definition) is 10. The number of sulfonamides is 1. The summed E-state index contributed by atoms with van der Waals surface area (Å²) in [5.41, 5.74) is 0.292. The van der Waals surface area contributed by atoms with Crippen LogP contribution in [-0.4, -0.2) is 76.7 Å². The summed E-state index contributed by atoms with van der Waals surface area (Å²) < 4.78 is 52.4. The lowest BCUT2D eigenvalue weighted by Gasteiger charge is -2.31. The van der Waals surface area contributed by atoms with Gasteiger partial charge in [-0.05, 0) is 30.2 Å². The van der Waals surface area contributed by atoms with Crippen molar-refractivity contribution in [1.82, 2.24) is 9.97 Å². The molecule has 1 N–H and O–H groups in total. The molecule has 0 spiro atoms. The Morgan fingerprint density at radius 1 is 1.12 bits per heavy atom. The van der Waals surface area contributed by atoms with Crippen LogP contribution in [0, 0.1) is 5.92 Å². The summed E-state index contributed by atoms with van der Waals surface area (Å²) in [7, 11) is -2.58. The Morgan fingerprint density at radius 3 is 2.51 bits per heavy atom. The number of aromatic nitrogens is 2. The molecule has 1 fully saturated rings. The van der Waals surface area contributed by atoms with Gasteiger partial charge in [0.1, 0.15) is 17.2 Å². The Bertz CT molecular complexity index is 1400. The summed E-state index contributed by atoms with van der Waals surface area (Å²) in [6, 6.07) is 13.1. The van der Waals surface area contributed by atoms with Crippen LogP contribution in [0.25, 0.3) is 0 Å². The maximum Gasteiger partial charge on any atom is 0.265 e. The first-order valence-corrected chi connectivity index (χ1v) is 15.1. The molecule has 3 aromatic rings. The fourth-order valence-electron chi connectivity index (χ4n) is 4.13. The van der Waals surface area contributed by atoms with Gasteiger partial charge in [-0.1, -0.05) is 43.6 Å². The number of anilines is 2. The van der Waals surface area contributed by atoms with Crippen LogP contribution in [-0.2, 0) is 26.1 Å². The van der Waals surface area contributed by atoms with Gasteiger partial charge in [-0.3, -0.25) is 0 Å².